The number of rotatable bonds is 10. The molecule has 0 rings (SSSR count). The van der Waals surface area contributed by atoms with Crippen molar-refractivity contribution in [1.29, 1.82) is 0 Å². The van der Waals surface area contributed by atoms with Crippen molar-refractivity contribution in [3.63, 3.8) is 0 Å². The van der Waals surface area contributed by atoms with E-state index in [1.807, 2.05) is 6.92 Å². The van der Waals surface area contributed by atoms with Crippen LogP contribution in [-0.4, -0.2) is 81.9 Å². The number of methoxy groups -OCH3 is 1. The number of hydrogen-bond acceptors (Lipinski definition) is 6. The van der Waals surface area contributed by atoms with Gasteiger partial charge in [-0.3, -0.25) is 9.59 Å². The molecule has 0 bridgehead atoms. The van der Waals surface area contributed by atoms with Gasteiger partial charge < -0.3 is 24.0 Å². The lowest BCUT2D eigenvalue weighted by Crippen LogP contribution is -2.42. The molecule has 0 aliphatic heterocycles. The summed E-state index contributed by atoms with van der Waals surface area (Å²) in [5.41, 5.74) is 0. The van der Waals surface area contributed by atoms with Crippen LogP contribution in [-0.2, 0) is 23.8 Å². The van der Waals surface area contributed by atoms with Gasteiger partial charge in [-0.1, -0.05) is 13.3 Å². The van der Waals surface area contributed by atoms with Crippen LogP contribution in [0.15, 0.2) is 0 Å². The van der Waals surface area contributed by atoms with Crippen molar-refractivity contribution in [3.8, 4) is 0 Å². The molecule has 8 heteroatoms. The highest BCUT2D eigenvalue weighted by atomic mass is 16.6. The fourth-order valence-electron chi connectivity index (χ4n) is 1.37. The SMILES string of the molecule is CCCCOC(=O)CN(C)C(=O)CN(C)C(=O)OCCOC. The molecule has 0 aromatic rings. The normalized spacial score (nSPS) is 10.0. The molecule has 0 aliphatic carbocycles. The minimum atomic E-state index is -0.621. The molecule has 0 unspecified atom stereocenters. The van der Waals surface area contributed by atoms with E-state index < -0.39 is 12.1 Å². The lowest BCUT2D eigenvalue weighted by atomic mass is 10.4. The maximum atomic E-state index is 11.9. The van der Waals surface area contributed by atoms with Gasteiger partial charge in [-0.2, -0.15) is 0 Å². The van der Waals surface area contributed by atoms with Crippen LogP contribution in [0.2, 0.25) is 0 Å². The number of likely N-dealkylation sites (N-methyl/N-ethyl adjacent to an activating group) is 2. The van der Waals surface area contributed by atoms with Crippen molar-refractivity contribution in [2.75, 3.05) is 54.1 Å². The molecule has 0 fully saturated rings. The number of carbonyl (C=O) groups is 3. The van der Waals surface area contributed by atoms with Crippen molar-refractivity contribution >= 4 is 18.0 Å². The van der Waals surface area contributed by atoms with E-state index in [9.17, 15) is 14.4 Å². The highest BCUT2D eigenvalue weighted by molar-refractivity contribution is 5.85. The molecule has 0 spiro atoms. The maximum Gasteiger partial charge on any atom is 0.410 e. The van der Waals surface area contributed by atoms with E-state index in [1.165, 1.54) is 26.1 Å². The molecule has 8 nitrogen and oxygen atoms in total. The summed E-state index contributed by atoms with van der Waals surface area (Å²) < 4.78 is 14.6. The van der Waals surface area contributed by atoms with Gasteiger partial charge >= 0.3 is 12.1 Å². The van der Waals surface area contributed by atoms with E-state index in [4.69, 9.17) is 14.2 Å². The van der Waals surface area contributed by atoms with Gasteiger partial charge in [0.2, 0.25) is 5.91 Å². The van der Waals surface area contributed by atoms with Gasteiger partial charge in [-0.25, -0.2) is 4.79 Å². The number of esters is 1. The molecule has 0 radical (unpaired) electrons. The Kier molecular flexibility index (Phi) is 10.8. The largest absolute Gasteiger partial charge is 0.464 e. The van der Waals surface area contributed by atoms with Crippen molar-refractivity contribution < 1.29 is 28.6 Å². The summed E-state index contributed by atoms with van der Waals surface area (Å²) in [4.78, 5) is 37.3. The molecule has 0 atom stereocenters. The Bertz CT molecular complexity index is 361. The van der Waals surface area contributed by atoms with Crippen molar-refractivity contribution in [2.24, 2.45) is 0 Å². The lowest BCUT2D eigenvalue weighted by molar-refractivity contribution is -0.148. The van der Waals surface area contributed by atoms with E-state index >= 15 is 0 Å². The second-order valence-corrected chi connectivity index (χ2v) is 4.79. The highest BCUT2D eigenvalue weighted by Gasteiger charge is 2.19. The zero-order chi connectivity index (χ0) is 17.0. The van der Waals surface area contributed by atoms with E-state index in [1.54, 1.807) is 0 Å². The van der Waals surface area contributed by atoms with Gasteiger partial charge in [0.25, 0.3) is 0 Å². The Morgan fingerprint density at radius 3 is 2.18 bits per heavy atom. The first-order valence-electron chi connectivity index (χ1n) is 7.18. The molecule has 0 aromatic carbocycles. The molecule has 0 saturated carbocycles. The van der Waals surface area contributed by atoms with Crippen molar-refractivity contribution in [1.82, 2.24) is 9.80 Å². The topological polar surface area (TPSA) is 85.4 Å². The first-order chi connectivity index (χ1) is 10.4. The summed E-state index contributed by atoms with van der Waals surface area (Å²) in [7, 11) is 4.42. The predicted octanol–water partition coefficient (Wildman–Crippen LogP) is 0.503. The third kappa shape index (κ3) is 9.17. The smallest absolute Gasteiger partial charge is 0.410 e. The Hall–Kier alpha value is -1.83. The van der Waals surface area contributed by atoms with Crippen LogP contribution in [0.25, 0.3) is 0 Å². The molecule has 128 valence electrons. The summed E-state index contributed by atoms with van der Waals surface area (Å²) >= 11 is 0. The van der Waals surface area contributed by atoms with Gasteiger partial charge in [0, 0.05) is 21.2 Å². The third-order valence-electron chi connectivity index (χ3n) is 2.75. The lowest BCUT2D eigenvalue weighted by Gasteiger charge is -2.21. The van der Waals surface area contributed by atoms with Gasteiger partial charge in [0.05, 0.1) is 13.2 Å². The summed E-state index contributed by atoms with van der Waals surface area (Å²) in [5.74, 6) is -0.840. The van der Waals surface area contributed by atoms with Gasteiger partial charge in [0.1, 0.15) is 19.7 Å². The zero-order valence-electron chi connectivity index (χ0n) is 13.8. The molecule has 0 saturated heterocycles. The second kappa shape index (κ2) is 11.8. The minimum Gasteiger partial charge on any atom is -0.464 e. The van der Waals surface area contributed by atoms with Crippen LogP contribution in [0.1, 0.15) is 19.8 Å². The fraction of sp³-hybridized carbons (Fsp3) is 0.786. The summed E-state index contributed by atoms with van der Waals surface area (Å²) in [5, 5.41) is 0. The van der Waals surface area contributed by atoms with E-state index in [0.717, 1.165) is 17.7 Å². The molecule has 0 N–H and O–H groups in total. The highest BCUT2D eigenvalue weighted by Crippen LogP contribution is 1.96. The van der Waals surface area contributed by atoms with Crippen LogP contribution in [0.4, 0.5) is 4.79 Å². The maximum absolute atomic E-state index is 11.9. The standard InChI is InChI=1S/C14H26N2O6/c1-5-6-7-21-13(18)11-15(2)12(17)10-16(3)14(19)22-9-8-20-4/h5-11H2,1-4H3. The average Bonchev–Trinajstić information content (AvgIpc) is 2.47. The Morgan fingerprint density at radius 2 is 1.59 bits per heavy atom. The number of unbranched alkanes of at least 4 members (excludes halogenated alkanes) is 1. The molecule has 0 heterocycles. The van der Waals surface area contributed by atoms with E-state index in [2.05, 4.69) is 0 Å². The van der Waals surface area contributed by atoms with Crippen LogP contribution >= 0.6 is 0 Å². The van der Waals surface area contributed by atoms with Gasteiger partial charge in [0.15, 0.2) is 0 Å². The van der Waals surface area contributed by atoms with Crippen LogP contribution in [0.3, 0.4) is 0 Å². The number of carbonyl (C=O) groups excluding carboxylic acids is 3. The number of amides is 2. The molecule has 0 aliphatic rings. The van der Waals surface area contributed by atoms with Crippen molar-refractivity contribution in [3.05, 3.63) is 0 Å². The Morgan fingerprint density at radius 1 is 0.909 bits per heavy atom. The monoisotopic (exact) mass is 318 g/mol. The summed E-state index contributed by atoms with van der Waals surface area (Å²) in [6.45, 7) is 2.43. The molecule has 22 heavy (non-hydrogen) atoms. The Balaban J connectivity index is 4.07. The minimum absolute atomic E-state index is 0.119. The number of nitrogens with zero attached hydrogens (tertiary/aromatic N) is 2. The fourth-order valence-corrected chi connectivity index (χ4v) is 1.37. The van der Waals surface area contributed by atoms with Crippen molar-refractivity contribution in [2.45, 2.75) is 19.8 Å². The zero-order valence-corrected chi connectivity index (χ0v) is 13.8. The molecular formula is C14H26N2O6. The predicted molar refractivity (Wildman–Crippen MR) is 79.4 cm³/mol. The van der Waals surface area contributed by atoms with E-state index in [-0.39, 0.29) is 32.2 Å². The van der Waals surface area contributed by atoms with Gasteiger partial charge in [-0.05, 0) is 6.42 Å². The summed E-state index contributed by atoms with van der Waals surface area (Å²) in [6, 6.07) is 0. The third-order valence-corrected chi connectivity index (χ3v) is 2.75. The first kappa shape index (κ1) is 20.2. The van der Waals surface area contributed by atoms with Gasteiger partial charge in [-0.15, -0.1) is 0 Å². The quantitative estimate of drug-likeness (QED) is 0.431. The number of ether oxygens (including phenoxy) is 3. The van der Waals surface area contributed by atoms with Crippen LogP contribution in [0.5, 0.6) is 0 Å². The number of hydrogen-bond donors (Lipinski definition) is 0. The Labute approximate surface area is 131 Å². The molecule has 2 amide bonds. The molecular weight excluding hydrogens is 292 g/mol. The summed E-state index contributed by atoms with van der Waals surface area (Å²) in [6.07, 6.45) is 1.10. The van der Waals surface area contributed by atoms with Crippen LogP contribution < -0.4 is 0 Å². The van der Waals surface area contributed by atoms with Crippen LogP contribution in [0, 0.1) is 0 Å². The van der Waals surface area contributed by atoms with E-state index in [0.29, 0.717) is 6.61 Å². The first-order valence-corrected chi connectivity index (χ1v) is 7.18. The molecule has 0 aromatic heterocycles. The second-order valence-electron chi connectivity index (χ2n) is 4.79. The average molecular weight is 318 g/mol.